The number of hydrogen-bond acceptors (Lipinski definition) is 3. The molecule has 1 amide bonds. The van der Waals surface area contributed by atoms with Crippen molar-refractivity contribution in [3.8, 4) is 6.07 Å². The summed E-state index contributed by atoms with van der Waals surface area (Å²) in [6.45, 7) is 4.67. The molecule has 0 spiro atoms. The molecule has 4 heteroatoms. The second kappa shape index (κ2) is 8.26. The maximum absolute atomic E-state index is 12.2. The highest BCUT2D eigenvalue weighted by Gasteiger charge is 2.32. The smallest absolute Gasteiger partial charge is 0.235 e. The second-order valence-electron chi connectivity index (χ2n) is 6.21. The zero-order valence-corrected chi connectivity index (χ0v) is 13.2. The highest BCUT2D eigenvalue weighted by atomic mass is 16.2. The first-order valence-corrected chi connectivity index (χ1v) is 7.95. The van der Waals surface area contributed by atoms with Crippen molar-refractivity contribution in [2.75, 3.05) is 13.6 Å². The number of rotatable bonds is 6. The Morgan fingerprint density at radius 3 is 2.45 bits per heavy atom. The summed E-state index contributed by atoms with van der Waals surface area (Å²) >= 11 is 0. The molecule has 0 heterocycles. The third-order valence-electron chi connectivity index (χ3n) is 4.40. The fraction of sp³-hybridized carbons (Fsp3) is 0.875. The first-order valence-electron chi connectivity index (χ1n) is 7.95. The molecule has 1 aliphatic carbocycles. The normalized spacial score (nSPS) is 19.9. The largest absolute Gasteiger partial charge is 0.337 e. The summed E-state index contributed by atoms with van der Waals surface area (Å²) < 4.78 is 0. The van der Waals surface area contributed by atoms with Crippen LogP contribution in [0.5, 0.6) is 0 Å². The fourth-order valence-electron chi connectivity index (χ4n) is 2.92. The van der Waals surface area contributed by atoms with Crippen LogP contribution in [-0.2, 0) is 4.79 Å². The number of amides is 1. The van der Waals surface area contributed by atoms with Crippen LogP contribution in [-0.4, -0.2) is 36.0 Å². The van der Waals surface area contributed by atoms with Crippen LogP contribution in [0.3, 0.4) is 0 Å². The van der Waals surface area contributed by atoms with Crippen molar-refractivity contribution in [3.05, 3.63) is 0 Å². The molecule has 0 bridgehead atoms. The maximum Gasteiger partial charge on any atom is 0.235 e. The lowest BCUT2D eigenvalue weighted by molar-refractivity contribution is -0.123. The summed E-state index contributed by atoms with van der Waals surface area (Å²) in [7, 11) is 1.98. The molecule has 1 atom stereocenters. The first-order chi connectivity index (χ1) is 9.53. The second-order valence-corrected chi connectivity index (χ2v) is 6.21. The zero-order valence-electron chi connectivity index (χ0n) is 13.2. The van der Waals surface area contributed by atoms with Gasteiger partial charge in [0.05, 0.1) is 12.6 Å². The van der Waals surface area contributed by atoms with Gasteiger partial charge in [-0.1, -0.05) is 39.0 Å². The van der Waals surface area contributed by atoms with E-state index in [1.165, 1.54) is 12.8 Å². The Kier molecular flexibility index (Phi) is 7.01. The number of carbonyl (C=O) groups is 1. The number of likely N-dealkylation sites (N-methyl/N-ethyl adjacent to an activating group) is 1. The van der Waals surface area contributed by atoms with Crippen LogP contribution >= 0.6 is 0 Å². The van der Waals surface area contributed by atoms with Crippen molar-refractivity contribution >= 4 is 5.91 Å². The average Bonchev–Trinajstić information content (AvgIpc) is 2.65. The number of nitrogens with zero attached hydrogens (tertiary/aromatic N) is 2. The molecule has 114 valence electrons. The summed E-state index contributed by atoms with van der Waals surface area (Å²) in [5.74, 6) is -0.0149. The van der Waals surface area contributed by atoms with Crippen LogP contribution in [0, 0.1) is 11.3 Å². The summed E-state index contributed by atoms with van der Waals surface area (Å²) in [4.78, 5) is 14.3. The Hall–Kier alpha value is -1.08. The zero-order chi connectivity index (χ0) is 15.0. The Balaban J connectivity index is 2.52. The highest BCUT2D eigenvalue weighted by molar-refractivity contribution is 5.79. The Morgan fingerprint density at radius 1 is 1.35 bits per heavy atom. The summed E-state index contributed by atoms with van der Waals surface area (Å²) in [6, 6.07) is 2.77. The van der Waals surface area contributed by atoms with Crippen molar-refractivity contribution in [3.63, 3.8) is 0 Å². The molecule has 20 heavy (non-hydrogen) atoms. The first kappa shape index (κ1) is 17.0. The molecule has 0 aliphatic heterocycles. The van der Waals surface area contributed by atoms with Crippen molar-refractivity contribution in [2.45, 2.75) is 76.8 Å². The van der Waals surface area contributed by atoms with E-state index in [-0.39, 0.29) is 5.91 Å². The van der Waals surface area contributed by atoms with Gasteiger partial charge in [-0.3, -0.25) is 9.69 Å². The van der Waals surface area contributed by atoms with Crippen LogP contribution < -0.4 is 5.32 Å². The van der Waals surface area contributed by atoms with Crippen molar-refractivity contribution in [1.29, 1.82) is 5.26 Å². The monoisotopic (exact) mass is 279 g/mol. The number of nitriles is 1. The van der Waals surface area contributed by atoms with E-state index >= 15 is 0 Å². The predicted molar refractivity (Wildman–Crippen MR) is 81.2 cm³/mol. The molecule has 1 fully saturated rings. The van der Waals surface area contributed by atoms with Gasteiger partial charge < -0.3 is 5.32 Å². The minimum absolute atomic E-state index is 0.0149. The third kappa shape index (κ3) is 5.13. The Bertz CT molecular complexity index is 340. The molecule has 0 saturated heterocycles. The molecule has 1 aliphatic rings. The number of carbonyl (C=O) groups excluding carboxylic acids is 1. The molecular formula is C16H29N3O. The van der Waals surface area contributed by atoms with Crippen molar-refractivity contribution in [1.82, 2.24) is 10.2 Å². The molecule has 0 aromatic carbocycles. The van der Waals surface area contributed by atoms with Gasteiger partial charge in [0.2, 0.25) is 5.91 Å². The van der Waals surface area contributed by atoms with E-state index < -0.39 is 5.54 Å². The molecule has 1 saturated carbocycles. The van der Waals surface area contributed by atoms with Crippen LogP contribution in [0.15, 0.2) is 0 Å². The fourth-order valence-corrected chi connectivity index (χ4v) is 2.92. The number of nitrogens with one attached hydrogen (secondary N) is 1. The lowest BCUT2D eigenvalue weighted by Gasteiger charge is -2.29. The Morgan fingerprint density at radius 2 is 1.95 bits per heavy atom. The molecule has 0 unspecified atom stereocenters. The molecule has 0 aromatic rings. The predicted octanol–water partition coefficient (Wildman–Crippen LogP) is 2.84. The average molecular weight is 279 g/mol. The van der Waals surface area contributed by atoms with Gasteiger partial charge >= 0.3 is 0 Å². The van der Waals surface area contributed by atoms with Crippen LogP contribution in [0.2, 0.25) is 0 Å². The summed E-state index contributed by atoms with van der Waals surface area (Å²) in [6.07, 6.45) is 8.22. The quantitative estimate of drug-likeness (QED) is 0.761. The molecule has 0 aromatic heterocycles. The topological polar surface area (TPSA) is 56.1 Å². The SMILES string of the molecule is CCC[C@H](C)N(C)CC(=O)NC1(C#N)CCCCCC1. The Labute approximate surface area is 123 Å². The van der Waals surface area contributed by atoms with Crippen LogP contribution in [0.1, 0.15) is 65.2 Å². The molecule has 1 rings (SSSR count). The van der Waals surface area contributed by atoms with Gasteiger partial charge in [0, 0.05) is 6.04 Å². The molecule has 0 radical (unpaired) electrons. The maximum atomic E-state index is 12.2. The van der Waals surface area contributed by atoms with E-state index in [4.69, 9.17) is 0 Å². The minimum Gasteiger partial charge on any atom is -0.337 e. The number of hydrogen-bond donors (Lipinski definition) is 1. The van der Waals surface area contributed by atoms with Crippen molar-refractivity contribution < 1.29 is 4.79 Å². The van der Waals surface area contributed by atoms with Gasteiger partial charge in [0.25, 0.3) is 0 Å². The van der Waals surface area contributed by atoms with E-state index in [1.807, 2.05) is 7.05 Å². The van der Waals surface area contributed by atoms with Gasteiger partial charge in [-0.2, -0.15) is 5.26 Å². The lowest BCUT2D eigenvalue weighted by atomic mass is 9.92. The summed E-state index contributed by atoms with van der Waals surface area (Å²) in [5, 5.41) is 12.5. The van der Waals surface area contributed by atoms with Crippen LogP contribution in [0.25, 0.3) is 0 Å². The van der Waals surface area contributed by atoms with Gasteiger partial charge in [-0.15, -0.1) is 0 Å². The minimum atomic E-state index is -0.623. The van der Waals surface area contributed by atoms with E-state index in [0.717, 1.165) is 38.5 Å². The van der Waals surface area contributed by atoms with Gasteiger partial charge in [0.1, 0.15) is 5.54 Å². The van der Waals surface area contributed by atoms with Crippen molar-refractivity contribution in [2.24, 2.45) is 0 Å². The van der Waals surface area contributed by atoms with Gasteiger partial charge in [-0.25, -0.2) is 0 Å². The molecule has 4 nitrogen and oxygen atoms in total. The summed E-state index contributed by atoms with van der Waals surface area (Å²) in [5.41, 5.74) is -0.623. The highest BCUT2D eigenvalue weighted by Crippen LogP contribution is 2.26. The standard InChI is InChI=1S/C16H29N3O/c1-4-9-14(2)19(3)12-15(20)18-16(13-17)10-7-5-6-8-11-16/h14H,4-12H2,1-3H3,(H,18,20)/t14-/m0/s1. The van der Waals surface area contributed by atoms with E-state index in [1.54, 1.807) is 0 Å². The third-order valence-corrected chi connectivity index (χ3v) is 4.40. The van der Waals surface area contributed by atoms with E-state index in [2.05, 4.69) is 30.1 Å². The van der Waals surface area contributed by atoms with Crippen LogP contribution in [0.4, 0.5) is 0 Å². The molecular weight excluding hydrogens is 250 g/mol. The van der Waals surface area contributed by atoms with E-state index in [0.29, 0.717) is 12.6 Å². The lowest BCUT2D eigenvalue weighted by Crippen LogP contribution is -2.50. The van der Waals surface area contributed by atoms with Gasteiger partial charge in [-0.05, 0) is 33.2 Å². The van der Waals surface area contributed by atoms with Gasteiger partial charge in [0.15, 0.2) is 0 Å². The molecule has 1 N–H and O–H groups in total. The van der Waals surface area contributed by atoms with E-state index in [9.17, 15) is 10.1 Å².